The first-order valence-electron chi connectivity index (χ1n) is 10.8. The van der Waals surface area contributed by atoms with Crippen LogP contribution in [0.25, 0.3) is 10.9 Å². The summed E-state index contributed by atoms with van der Waals surface area (Å²) in [6.07, 6.45) is -1.58. The normalized spacial score (nSPS) is 24.3. The fraction of sp³-hybridized carbons (Fsp3) is 0.375. The predicted octanol–water partition coefficient (Wildman–Crippen LogP) is 4.48. The number of fused-ring (bicyclic) bond motifs is 1. The van der Waals surface area contributed by atoms with Gasteiger partial charge in [0.15, 0.2) is 0 Å². The molecule has 2 aliphatic rings. The Balaban J connectivity index is 1.33. The van der Waals surface area contributed by atoms with Gasteiger partial charge in [-0.05, 0) is 54.9 Å². The number of hydrogen-bond acceptors (Lipinski definition) is 3. The molecule has 2 N–H and O–H groups in total. The van der Waals surface area contributed by atoms with Crippen LogP contribution in [0.4, 0.5) is 13.2 Å². The molecule has 1 amide bonds. The summed E-state index contributed by atoms with van der Waals surface area (Å²) in [6.45, 7) is 0.157. The van der Waals surface area contributed by atoms with Crippen LogP contribution in [0.2, 0.25) is 0 Å². The smallest absolute Gasteiger partial charge is 0.416 e. The van der Waals surface area contributed by atoms with Crippen molar-refractivity contribution in [1.82, 2.24) is 15.1 Å². The average molecular weight is 457 g/mol. The predicted molar refractivity (Wildman–Crippen MR) is 114 cm³/mol. The molecule has 2 fully saturated rings. The average Bonchev–Trinajstić information content (AvgIpc) is 3.06. The Morgan fingerprint density at radius 3 is 2.36 bits per heavy atom. The number of aromatic nitrogens is 2. The van der Waals surface area contributed by atoms with E-state index in [1.807, 2.05) is 12.1 Å². The van der Waals surface area contributed by atoms with Gasteiger partial charge in [-0.1, -0.05) is 30.3 Å². The molecule has 9 heteroatoms. The number of nitrogens with zero attached hydrogens (tertiary/aromatic N) is 2. The molecule has 0 saturated heterocycles. The second-order valence-corrected chi connectivity index (χ2v) is 9.24. The Labute approximate surface area is 187 Å². The highest BCUT2D eigenvalue weighted by molar-refractivity contribution is 6.05. The number of halogens is 3. The highest BCUT2D eigenvalue weighted by Gasteiger charge is 2.55. The third-order valence-electron chi connectivity index (χ3n) is 6.88. The zero-order chi connectivity index (χ0) is 23.4. The highest BCUT2D eigenvalue weighted by atomic mass is 19.4. The fourth-order valence-corrected chi connectivity index (χ4v) is 5.24. The quantitative estimate of drug-likeness (QED) is 0.592. The van der Waals surface area contributed by atoms with Gasteiger partial charge in [-0.25, -0.2) is 0 Å². The van der Waals surface area contributed by atoms with E-state index < -0.39 is 17.7 Å². The summed E-state index contributed by atoms with van der Waals surface area (Å²) in [5, 5.41) is 17.3. The van der Waals surface area contributed by atoms with Crippen molar-refractivity contribution in [3.63, 3.8) is 0 Å². The van der Waals surface area contributed by atoms with E-state index in [-0.39, 0.29) is 29.8 Å². The molecule has 0 radical (unpaired) electrons. The molecule has 5 rings (SSSR count). The molecular formula is C24H22F3N3O3. The molecule has 33 heavy (non-hydrogen) atoms. The molecule has 0 bridgehead atoms. The number of alkyl halides is 3. The van der Waals surface area contributed by atoms with Gasteiger partial charge < -0.3 is 10.4 Å². The molecule has 3 aromatic rings. The lowest BCUT2D eigenvalue weighted by atomic mass is 9.50. The maximum absolute atomic E-state index is 13.2. The minimum atomic E-state index is -4.41. The van der Waals surface area contributed by atoms with Crippen LogP contribution in [-0.2, 0) is 17.5 Å². The summed E-state index contributed by atoms with van der Waals surface area (Å²) in [7, 11) is 0. The van der Waals surface area contributed by atoms with E-state index in [0.717, 1.165) is 25.0 Å². The largest absolute Gasteiger partial charge is 0.481 e. The summed E-state index contributed by atoms with van der Waals surface area (Å²) in [5.74, 6) is -1.33. The molecule has 2 saturated carbocycles. The van der Waals surface area contributed by atoms with E-state index >= 15 is 0 Å². The Hall–Kier alpha value is -3.36. The topological polar surface area (TPSA) is 84.2 Å². The van der Waals surface area contributed by atoms with Gasteiger partial charge in [0.25, 0.3) is 5.91 Å². The number of amides is 1. The van der Waals surface area contributed by atoms with E-state index in [9.17, 15) is 22.8 Å². The maximum atomic E-state index is 13.2. The van der Waals surface area contributed by atoms with Crippen molar-refractivity contribution >= 4 is 22.8 Å². The van der Waals surface area contributed by atoms with E-state index in [1.165, 1.54) is 16.8 Å². The maximum Gasteiger partial charge on any atom is 0.416 e. The summed E-state index contributed by atoms with van der Waals surface area (Å²) in [6, 6.07) is 12.0. The molecule has 1 spiro atoms. The molecule has 2 aliphatic carbocycles. The van der Waals surface area contributed by atoms with Gasteiger partial charge in [0.1, 0.15) is 5.69 Å². The Morgan fingerprint density at radius 2 is 1.73 bits per heavy atom. The number of carboxylic acids is 1. The second-order valence-electron chi connectivity index (χ2n) is 9.24. The second kappa shape index (κ2) is 7.60. The number of hydrogen-bond donors (Lipinski definition) is 2. The van der Waals surface area contributed by atoms with E-state index in [0.29, 0.717) is 35.0 Å². The number of carbonyl (C=O) groups is 2. The molecule has 0 aliphatic heterocycles. The van der Waals surface area contributed by atoms with Gasteiger partial charge in [0, 0.05) is 11.4 Å². The van der Waals surface area contributed by atoms with Crippen molar-refractivity contribution in [3.05, 3.63) is 65.4 Å². The zero-order valence-corrected chi connectivity index (χ0v) is 17.6. The fourth-order valence-electron chi connectivity index (χ4n) is 5.24. The van der Waals surface area contributed by atoms with Crippen LogP contribution >= 0.6 is 0 Å². The monoisotopic (exact) mass is 457 g/mol. The van der Waals surface area contributed by atoms with Crippen LogP contribution in [0.3, 0.4) is 0 Å². The molecule has 1 heterocycles. The molecular weight excluding hydrogens is 435 g/mol. The molecule has 1 aromatic heterocycles. The lowest BCUT2D eigenvalue weighted by Crippen LogP contribution is -2.57. The first-order valence-corrected chi connectivity index (χ1v) is 10.8. The van der Waals surface area contributed by atoms with Crippen molar-refractivity contribution in [2.45, 2.75) is 44.4 Å². The van der Waals surface area contributed by atoms with Crippen molar-refractivity contribution in [1.29, 1.82) is 0 Å². The first kappa shape index (κ1) is 21.5. The third kappa shape index (κ3) is 3.96. The Morgan fingerprint density at radius 1 is 1.06 bits per heavy atom. The molecule has 6 nitrogen and oxygen atoms in total. The Kier molecular flexibility index (Phi) is 4.95. The minimum absolute atomic E-state index is 0.0274. The SMILES string of the molecule is O=C(NC1CC2(C1)CC(C(=O)O)C2)c1c2ccccc2nn1Cc1ccc(C(F)(F)F)cc1. The lowest BCUT2D eigenvalue weighted by Gasteiger charge is -2.56. The van der Waals surface area contributed by atoms with Crippen LogP contribution in [0.15, 0.2) is 48.5 Å². The number of aliphatic carboxylic acids is 1. The van der Waals surface area contributed by atoms with Crippen molar-refractivity contribution < 1.29 is 27.9 Å². The van der Waals surface area contributed by atoms with Crippen molar-refractivity contribution in [2.75, 3.05) is 0 Å². The molecule has 172 valence electrons. The van der Waals surface area contributed by atoms with Gasteiger partial charge in [0.05, 0.1) is 23.5 Å². The lowest BCUT2D eigenvalue weighted by molar-refractivity contribution is -0.155. The third-order valence-corrected chi connectivity index (χ3v) is 6.88. The summed E-state index contributed by atoms with van der Waals surface area (Å²) in [5.41, 5.74) is 0.895. The summed E-state index contributed by atoms with van der Waals surface area (Å²) < 4.78 is 40.1. The summed E-state index contributed by atoms with van der Waals surface area (Å²) in [4.78, 5) is 24.3. The first-order chi connectivity index (χ1) is 15.6. The van der Waals surface area contributed by atoms with Crippen LogP contribution in [0.1, 0.15) is 47.3 Å². The van der Waals surface area contributed by atoms with Crippen LogP contribution < -0.4 is 5.32 Å². The standard InChI is InChI=1S/C24H22F3N3O3/c25-24(26,27)16-7-5-14(6-8-16)13-30-20(18-3-1-2-4-19(18)29-30)21(31)28-17-11-23(12-17)9-15(10-23)22(32)33/h1-8,15,17H,9-13H2,(H,28,31)(H,32,33). The van der Waals surface area contributed by atoms with Crippen LogP contribution in [-0.4, -0.2) is 32.8 Å². The van der Waals surface area contributed by atoms with Gasteiger partial charge in [-0.2, -0.15) is 18.3 Å². The number of carbonyl (C=O) groups excluding carboxylic acids is 1. The highest BCUT2D eigenvalue weighted by Crippen LogP contribution is 2.58. The van der Waals surface area contributed by atoms with Crippen LogP contribution in [0.5, 0.6) is 0 Å². The van der Waals surface area contributed by atoms with Crippen LogP contribution in [0, 0.1) is 11.3 Å². The van der Waals surface area contributed by atoms with Gasteiger partial charge in [-0.15, -0.1) is 0 Å². The van der Waals surface area contributed by atoms with Crippen molar-refractivity contribution in [3.8, 4) is 0 Å². The zero-order valence-electron chi connectivity index (χ0n) is 17.6. The van der Waals surface area contributed by atoms with E-state index in [2.05, 4.69) is 10.4 Å². The Bertz CT molecular complexity index is 1220. The van der Waals surface area contributed by atoms with Gasteiger partial charge in [0.2, 0.25) is 0 Å². The number of nitrogens with one attached hydrogen (secondary N) is 1. The molecule has 0 unspecified atom stereocenters. The van der Waals surface area contributed by atoms with Crippen molar-refractivity contribution in [2.24, 2.45) is 11.3 Å². The molecule has 0 atom stereocenters. The van der Waals surface area contributed by atoms with E-state index in [4.69, 9.17) is 5.11 Å². The number of carboxylic acid groups (broad SMARTS) is 1. The summed E-state index contributed by atoms with van der Waals surface area (Å²) >= 11 is 0. The minimum Gasteiger partial charge on any atom is -0.481 e. The van der Waals surface area contributed by atoms with Gasteiger partial charge >= 0.3 is 12.1 Å². The number of rotatable bonds is 5. The van der Waals surface area contributed by atoms with Gasteiger partial charge in [-0.3, -0.25) is 14.3 Å². The molecule has 2 aromatic carbocycles. The van der Waals surface area contributed by atoms with E-state index in [1.54, 1.807) is 12.1 Å². The number of benzene rings is 2.